The lowest BCUT2D eigenvalue weighted by molar-refractivity contribution is 0.547. The highest BCUT2D eigenvalue weighted by molar-refractivity contribution is 7.78. The van der Waals surface area contributed by atoms with Crippen molar-refractivity contribution in [1.82, 2.24) is 9.78 Å². The van der Waals surface area contributed by atoms with Crippen molar-refractivity contribution >= 4 is 17.4 Å². The molecule has 0 unspecified atom stereocenters. The number of thiocarbonyl (C=S) groups is 1. The first-order valence-corrected chi connectivity index (χ1v) is 4.85. The van der Waals surface area contributed by atoms with Crippen molar-refractivity contribution in [1.29, 1.82) is 0 Å². The predicted octanol–water partition coefficient (Wildman–Crippen LogP) is 2.16. The van der Waals surface area contributed by atoms with Gasteiger partial charge in [-0.05, 0) is 37.5 Å². The van der Waals surface area contributed by atoms with Gasteiger partial charge in [0.2, 0.25) is 0 Å². The van der Waals surface area contributed by atoms with E-state index in [4.69, 9.17) is 0 Å². The number of hydrogen-bond donors (Lipinski definition) is 0. The second-order valence-electron chi connectivity index (χ2n) is 2.80. The molecule has 0 bridgehead atoms. The van der Waals surface area contributed by atoms with Gasteiger partial charge < -0.3 is 0 Å². The third-order valence-electron chi connectivity index (χ3n) is 1.78. The van der Waals surface area contributed by atoms with Gasteiger partial charge in [-0.15, -0.1) is 0 Å². The van der Waals surface area contributed by atoms with E-state index in [1.165, 1.54) is 6.42 Å². The van der Waals surface area contributed by atoms with E-state index in [1.807, 2.05) is 16.9 Å². The van der Waals surface area contributed by atoms with Crippen molar-refractivity contribution in [3.63, 3.8) is 0 Å². The lowest BCUT2D eigenvalue weighted by atomic mass is 10.2. The highest BCUT2D eigenvalue weighted by Crippen LogP contribution is 1.98. The molecule has 0 aliphatic heterocycles. The minimum Gasteiger partial charge on any atom is -0.273 e. The van der Waals surface area contributed by atoms with Crippen molar-refractivity contribution in [2.75, 3.05) is 6.54 Å². The number of aliphatic imine (C=N–C) groups is 1. The summed E-state index contributed by atoms with van der Waals surface area (Å²) in [4.78, 5) is 3.85. The molecular weight excluding hydrogens is 182 g/mol. The van der Waals surface area contributed by atoms with E-state index < -0.39 is 0 Å². The first kappa shape index (κ1) is 10.1. The molecule has 70 valence electrons. The van der Waals surface area contributed by atoms with Crippen LogP contribution in [0.4, 0.5) is 0 Å². The molecule has 0 fully saturated rings. The fraction of sp³-hybridized carbons (Fsp3) is 0.556. The second kappa shape index (κ2) is 6.52. The molecule has 0 saturated carbocycles. The minimum atomic E-state index is 0.808. The average molecular weight is 195 g/mol. The molecule has 0 spiro atoms. The zero-order valence-electron chi connectivity index (χ0n) is 7.52. The Morgan fingerprint density at radius 1 is 1.38 bits per heavy atom. The van der Waals surface area contributed by atoms with Crippen molar-refractivity contribution in [3.05, 3.63) is 18.5 Å². The molecule has 0 aliphatic rings. The summed E-state index contributed by atoms with van der Waals surface area (Å²) in [5.74, 6) is 0. The third-order valence-corrected chi connectivity index (χ3v) is 1.91. The molecule has 0 aromatic carbocycles. The van der Waals surface area contributed by atoms with Crippen molar-refractivity contribution in [2.45, 2.75) is 25.8 Å². The number of aryl methyl sites for hydroxylation is 1. The normalized spacial score (nSPS) is 9.54. The van der Waals surface area contributed by atoms with E-state index in [2.05, 4.69) is 27.5 Å². The summed E-state index contributed by atoms with van der Waals surface area (Å²) in [7, 11) is 0. The molecule has 0 aliphatic carbocycles. The van der Waals surface area contributed by atoms with Gasteiger partial charge in [0.25, 0.3) is 0 Å². The summed E-state index contributed by atoms with van der Waals surface area (Å²) in [6.45, 7) is 1.80. The smallest absolute Gasteiger partial charge is 0.0584 e. The molecule has 3 nitrogen and oxygen atoms in total. The van der Waals surface area contributed by atoms with Crippen LogP contribution in [0, 0.1) is 0 Å². The Labute approximate surface area is 83.5 Å². The van der Waals surface area contributed by atoms with Crippen LogP contribution in [-0.4, -0.2) is 21.5 Å². The van der Waals surface area contributed by atoms with Gasteiger partial charge in [0.05, 0.1) is 5.16 Å². The Hall–Kier alpha value is -0.990. The monoisotopic (exact) mass is 195 g/mol. The highest BCUT2D eigenvalue weighted by atomic mass is 32.1. The van der Waals surface area contributed by atoms with E-state index in [0.29, 0.717) is 0 Å². The van der Waals surface area contributed by atoms with E-state index >= 15 is 0 Å². The number of unbranched alkanes of at least 4 members (excludes halogenated alkanes) is 2. The SMILES string of the molecule is S=C=NCCCCCn1cccn1. The maximum atomic E-state index is 4.46. The van der Waals surface area contributed by atoms with Crippen LogP contribution in [0.5, 0.6) is 0 Å². The highest BCUT2D eigenvalue weighted by Gasteiger charge is 1.90. The van der Waals surface area contributed by atoms with E-state index in [0.717, 1.165) is 25.9 Å². The van der Waals surface area contributed by atoms with Crippen LogP contribution in [0.3, 0.4) is 0 Å². The van der Waals surface area contributed by atoms with Gasteiger partial charge in [0, 0.05) is 25.5 Å². The summed E-state index contributed by atoms with van der Waals surface area (Å²) in [6, 6.07) is 1.94. The molecule has 0 saturated heterocycles. The molecule has 4 heteroatoms. The van der Waals surface area contributed by atoms with Gasteiger partial charge in [-0.1, -0.05) is 0 Å². The number of rotatable bonds is 6. The van der Waals surface area contributed by atoms with Gasteiger partial charge >= 0.3 is 0 Å². The summed E-state index contributed by atoms with van der Waals surface area (Å²) >= 11 is 4.46. The van der Waals surface area contributed by atoms with E-state index in [9.17, 15) is 0 Å². The predicted molar refractivity (Wildman–Crippen MR) is 56.0 cm³/mol. The molecule has 13 heavy (non-hydrogen) atoms. The summed E-state index contributed by atoms with van der Waals surface area (Å²) < 4.78 is 1.95. The lowest BCUT2D eigenvalue weighted by Crippen LogP contribution is -1.98. The Morgan fingerprint density at radius 2 is 2.31 bits per heavy atom. The third kappa shape index (κ3) is 4.55. The fourth-order valence-corrected chi connectivity index (χ4v) is 1.21. The number of isothiocyanates is 1. The number of aromatic nitrogens is 2. The summed E-state index contributed by atoms with van der Waals surface area (Å²) in [6.07, 6.45) is 7.19. The van der Waals surface area contributed by atoms with Crippen LogP contribution in [0.15, 0.2) is 23.5 Å². The van der Waals surface area contributed by atoms with E-state index in [1.54, 1.807) is 6.20 Å². The van der Waals surface area contributed by atoms with Crippen LogP contribution in [0.25, 0.3) is 0 Å². The zero-order chi connectivity index (χ0) is 9.36. The van der Waals surface area contributed by atoms with Crippen LogP contribution in [0.2, 0.25) is 0 Å². The lowest BCUT2D eigenvalue weighted by Gasteiger charge is -1.99. The summed E-state index contributed by atoms with van der Waals surface area (Å²) in [5, 5.41) is 6.48. The van der Waals surface area contributed by atoms with Gasteiger partial charge in [-0.3, -0.25) is 4.68 Å². The zero-order valence-corrected chi connectivity index (χ0v) is 8.33. The first-order chi connectivity index (χ1) is 6.43. The van der Waals surface area contributed by atoms with Crippen LogP contribution < -0.4 is 0 Å². The van der Waals surface area contributed by atoms with Gasteiger partial charge in [0.1, 0.15) is 0 Å². The average Bonchev–Trinajstić information content (AvgIpc) is 2.63. The minimum absolute atomic E-state index is 0.808. The van der Waals surface area contributed by atoms with Crippen molar-refractivity contribution in [2.24, 2.45) is 4.99 Å². The Morgan fingerprint density at radius 3 is 3.00 bits per heavy atom. The maximum Gasteiger partial charge on any atom is 0.0584 e. The largest absolute Gasteiger partial charge is 0.273 e. The fourth-order valence-electron chi connectivity index (χ4n) is 1.12. The van der Waals surface area contributed by atoms with Crippen molar-refractivity contribution < 1.29 is 0 Å². The van der Waals surface area contributed by atoms with Gasteiger partial charge in [0.15, 0.2) is 0 Å². The first-order valence-electron chi connectivity index (χ1n) is 4.44. The van der Waals surface area contributed by atoms with Crippen LogP contribution in [-0.2, 0) is 6.54 Å². The molecule has 0 N–H and O–H groups in total. The quantitative estimate of drug-likeness (QED) is 0.395. The standard InChI is InChI=1S/C9H13N3S/c13-9-10-5-2-1-3-7-12-8-4-6-11-12/h4,6,8H,1-3,5,7H2. The molecule has 0 atom stereocenters. The van der Waals surface area contributed by atoms with Crippen LogP contribution >= 0.6 is 12.2 Å². The Bertz CT molecular complexity index is 262. The Kier molecular flexibility index (Phi) is 5.06. The molecule has 1 aromatic heterocycles. The number of nitrogens with zero attached hydrogens (tertiary/aromatic N) is 3. The second-order valence-corrected chi connectivity index (χ2v) is 2.99. The van der Waals surface area contributed by atoms with Gasteiger partial charge in [-0.25, -0.2) is 4.99 Å². The topological polar surface area (TPSA) is 30.2 Å². The molecule has 1 aromatic rings. The molecule has 0 radical (unpaired) electrons. The van der Waals surface area contributed by atoms with Crippen molar-refractivity contribution in [3.8, 4) is 0 Å². The van der Waals surface area contributed by atoms with Gasteiger partial charge in [-0.2, -0.15) is 5.10 Å². The molecule has 1 rings (SSSR count). The molecule has 0 amide bonds. The number of hydrogen-bond acceptors (Lipinski definition) is 3. The van der Waals surface area contributed by atoms with Crippen LogP contribution in [0.1, 0.15) is 19.3 Å². The molecular formula is C9H13N3S. The van der Waals surface area contributed by atoms with E-state index in [-0.39, 0.29) is 0 Å². The maximum absolute atomic E-state index is 4.46. The Balaban J connectivity index is 1.99. The molecule has 1 heterocycles. The summed E-state index contributed by atoms with van der Waals surface area (Å²) in [5.41, 5.74) is 0.